The van der Waals surface area contributed by atoms with Gasteiger partial charge in [0.2, 0.25) is 0 Å². The molecule has 0 atom stereocenters. The Labute approximate surface area is 148 Å². The summed E-state index contributed by atoms with van der Waals surface area (Å²) in [6, 6.07) is 10.9. The van der Waals surface area contributed by atoms with E-state index in [1.165, 1.54) is 30.5 Å². The third kappa shape index (κ3) is 4.97. The number of para-hydroxylation sites is 1. The second kappa shape index (κ2) is 8.33. The lowest BCUT2D eigenvalue weighted by molar-refractivity contribution is -0.120. The first-order valence-corrected chi connectivity index (χ1v) is 7.56. The molecule has 0 aliphatic carbocycles. The molecule has 2 aromatic carbocycles. The Kier molecular flexibility index (Phi) is 6.17. The van der Waals surface area contributed by atoms with Gasteiger partial charge >= 0.3 is 0 Å². The van der Waals surface area contributed by atoms with Crippen molar-refractivity contribution in [2.45, 2.75) is 0 Å². The van der Waals surface area contributed by atoms with Gasteiger partial charge in [0.15, 0.2) is 0 Å². The van der Waals surface area contributed by atoms with E-state index in [1.807, 2.05) is 0 Å². The molecule has 0 saturated carbocycles. The Morgan fingerprint density at radius 3 is 2.58 bits per heavy atom. The molecule has 0 fully saturated rings. The molecule has 0 aliphatic heterocycles. The van der Waals surface area contributed by atoms with Gasteiger partial charge in [0, 0.05) is 11.1 Å². The number of hydrogen-bond donors (Lipinski definition) is 3. The number of aromatic hydroxyl groups is 1. The average Bonchev–Trinajstić information content (AvgIpc) is 2.57. The second-order valence-corrected chi connectivity index (χ2v) is 5.48. The SMILES string of the molecule is O=C(CNC(=O)c1ccc(Cl)c(Cl)c1)NN=Cc1ccccc1O. The molecule has 0 bridgehead atoms. The Bertz CT molecular complexity index is 794. The number of phenolic OH excluding ortho intramolecular Hbond substituents is 1. The van der Waals surface area contributed by atoms with Gasteiger partial charge in [-0.15, -0.1) is 0 Å². The zero-order chi connectivity index (χ0) is 17.5. The van der Waals surface area contributed by atoms with E-state index in [9.17, 15) is 14.7 Å². The van der Waals surface area contributed by atoms with Crippen molar-refractivity contribution in [2.75, 3.05) is 6.54 Å². The molecule has 24 heavy (non-hydrogen) atoms. The van der Waals surface area contributed by atoms with Crippen molar-refractivity contribution in [3.8, 4) is 5.75 Å². The van der Waals surface area contributed by atoms with E-state index >= 15 is 0 Å². The summed E-state index contributed by atoms with van der Waals surface area (Å²) in [7, 11) is 0. The van der Waals surface area contributed by atoms with Crippen molar-refractivity contribution in [3.05, 3.63) is 63.6 Å². The van der Waals surface area contributed by atoms with E-state index < -0.39 is 11.8 Å². The normalized spacial score (nSPS) is 10.6. The number of amides is 2. The average molecular weight is 366 g/mol. The molecule has 2 aromatic rings. The maximum Gasteiger partial charge on any atom is 0.259 e. The molecular formula is C16H13Cl2N3O3. The van der Waals surface area contributed by atoms with Crippen LogP contribution in [0.1, 0.15) is 15.9 Å². The zero-order valence-corrected chi connectivity index (χ0v) is 13.8. The summed E-state index contributed by atoms with van der Waals surface area (Å²) in [5, 5.41) is 16.3. The molecule has 0 spiro atoms. The Hall–Kier alpha value is -2.57. The van der Waals surface area contributed by atoms with Crippen LogP contribution < -0.4 is 10.7 Å². The van der Waals surface area contributed by atoms with Gasteiger partial charge in [0.1, 0.15) is 5.75 Å². The van der Waals surface area contributed by atoms with Crippen LogP contribution in [0.3, 0.4) is 0 Å². The van der Waals surface area contributed by atoms with Gasteiger partial charge in [-0.3, -0.25) is 9.59 Å². The van der Waals surface area contributed by atoms with E-state index in [4.69, 9.17) is 23.2 Å². The lowest BCUT2D eigenvalue weighted by atomic mass is 10.2. The molecule has 0 radical (unpaired) electrons. The van der Waals surface area contributed by atoms with Gasteiger partial charge < -0.3 is 10.4 Å². The number of hydrogen-bond acceptors (Lipinski definition) is 4. The number of carbonyl (C=O) groups is 2. The fraction of sp³-hybridized carbons (Fsp3) is 0.0625. The third-order valence-corrected chi connectivity index (χ3v) is 3.66. The van der Waals surface area contributed by atoms with Crippen LogP contribution in [0.25, 0.3) is 0 Å². The summed E-state index contributed by atoms with van der Waals surface area (Å²) in [6.07, 6.45) is 1.30. The third-order valence-electron chi connectivity index (χ3n) is 2.92. The highest BCUT2D eigenvalue weighted by molar-refractivity contribution is 6.42. The van der Waals surface area contributed by atoms with E-state index in [1.54, 1.807) is 18.2 Å². The fourth-order valence-corrected chi connectivity index (χ4v) is 2.01. The van der Waals surface area contributed by atoms with Crippen LogP contribution in [0.5, 0.6) is 5.75 Å². The summed E-state index contributed by atoms with van der Waals surface area (Å²) >= 11 is 11.6. The number of benzene rings is 2. The summed E-state index contributed by atoms with van der Waals surface area (Å²) < 4.78 is 0. The Morgan fingerprint density at radius 2 is 1.88 bits per heavy atom. The number of rotatable bonds is 5. The second-order valence-electron chi connectivity index (χ2n) is 4.66. The van der Waals surface area contributed by atoms with Gasteiger partial charge in [-0.1, -0.05) is 35.3 Å². The Balaban J connectivity index is 1.83. The van der Waals surface area contributed by atoms with Gasteiger partial charge in [-0.05, 0) is 30.3 Å². The molecule has 0 heterocycles. The highest BCUT2D eigenvalue weighted by Gasteiger charge is 2.09. The van der Waals surface area contributed by atoms with Crippen LogP contribution in [0.2, 0.25) is 10.0 Å². The standard InChI is InChI=1S/C16H13Cl2N3O3/c17-12-6-5-10(7-13(12)18)16(24)19-9-15(23)21-20-8-11-3-1-2-4-14(11)22/h1-8,22H,9H2,(H,19,24)(H,21,23). The summed E-state index contributed by atoms with van der Waals surface area (Å²) in [6.45, 7) is -0.267. The van der Waals surface area contributed by atoms with Crippen LogP contribution in [0.15, 0.2) is 47.6 Å². The van der Waals surface area contributed by atoms with E-state index in [0.717, 1.165) is 0 Å². The minimum absolute atomic E-state index is 0.0448. The first kappa shape index (κ1) is 17.8. The van der Waals surface area contributed by atoms with E-state index in [2.05, 4.69) is 15.8 Å². The highest BCUT2D eigenvalue weighted by atomic mass is 35.5. The van der Waals surface area contributed by atoms with Crippen LogP contribution >= 0.6 is 23.2 Å². The topological polar surface area (TPSA) is 90.8 Å². The number of carbonyl (C=O) groups excluding carboxylic acids is 2. The van der Waals surface area contributed by atoms with Crippen LogP contribution in [0, 0.1) is 0 Å². The molecule has 0 aromatic heterocycles. The molecule has 8 heteroatoms. The quantitative estimate of drug-likeness (QED) is 0.561. The van der Waals surface area contributed by atoms with Gasteiger partial charge in [0.25, 0.3) is 11.8 Å². The number of nitrogens with one attached hydrogen (secondary N) is 2. The minimum Gasteiger partial charge on any atom is -0.507 e. The molecular weight excluding hydrogens is 353 g/mol. The van der Waals surface area contributed by atoms with Crippen molar-refractivity contribution in [1.29, 1.82) is 0 Å². The number of nitrogens with zero attached hydrogens (tertiary/aromatic N) is 1. The minimum atomic E-state index is -0.518. The molecule has 6 nitrogen and oxygen atoms in total. The van der Waals surface area contributed by atoms with E-state index in [0.29, 0.717) is 10.6 Å². The molecule has 124 valence electrons. The number of phenols is 1. The van der Waals surface area contributed by atoms with Gasteiger partial charge in [0.05, 0.1) is 22.8 Å². The van der Waals surface area contributed by atoms with Gasteiger partial charge in [-0.25, -0.2) is 5.43 Å². The van der Waals surface area contributed by atoms with Crippen molar-refractivity contribution >= 4 is 41.2 Å². The first-order chi connectivity index (χ1) is 11.5. The van der Waals surface area contributed by atoms with Crippen LogP contribution in [-0.4, -0.2) is 29.7 Å². The van der Waals surface area contributed by atoms with E-state index in [-0.39, 0.29) is 22.9 Å². The van der Waals surface area contributed by atoms with Crippen molar-refractivity contribution in [3.63, 3.8) is 0 Å². The van der Waals surface area contributed by atoms with Crippen molar-refractivity contribution < 1.29 is 14.7 Å². The summed E-state index contributed by atoms with van der Waals surface area (Å²) in [4.78, 5) is 23.5. The van der Waals surface area contributed by atoms with Crippen LogP contribution in [0.4, 0.5) is 0 Å². The zero-order valence-electron chi connectivity index (χ0n) is 12.3. The largest absolute Gasteiger partial charge is 0.507 e. The van der Waals surface area contributed by atoms with Crippen LogP contribution in [-0.2, 0) is 4.79 Å². The predicted molar refractivity (Wildman–Crippen MR) is 92.6 cm³/mol. The van der Waals surface area contributed by atoms with Gasteiger partial charge in [-0.2, -0.15) is 5.10 Å². The highest BCUT2D eigenvalue weighted by Crippen LogP contribution is 2.22. The molecule has 0 unspecified atom stereocenters. The lowest BCUT2D eigenvalue weighted by Gasteiger charge is -2.05. The molecule has 2 rings (SSSR count). The molecule has 0 aliphatic rings. The molecule has 2 amide bonds. The predicted octanol–water partition coefficient (Wildman–Crippen LogP) is 2.58. The first-order valence-electron chi connectivity index (χ1n) is 6.80. The molecule has 3 N–H and O–H groups in total. The summed E-state index contributed by atoms with van der Waals surface area (Å²) in [5.41, 5.74) is 2.99. The Morgan fingerprint density at radius 1 is 1.12 bits per heavy atom. The molecule has 0 saturated heterocycles. The van der Waals surface area contributed by atoms with Crippen molar-refractivity contribution in [2.24, 2.45) is 5.10 Å². The number of halogens is 2. The lowest BCUT2D eigenvalue weighted by Crippen LogP contribution is -2.34. The fourth-order valence-electron chi connectivity index (χ4n) is 1.71. The monoisotopic (exact) mass is 365 g/mol. The number of hydrazone groups is 1. The summed E-state index contributed by atoms with van der Waals surface area (Å²) in [5.74, 6) is -0.938. The van der Waals surface area contributed by atoms with Crippen molar-refractivity contribution in [1.82, 2.24) is 10.7 Å². The maximum atomic E-state index is 11.9. The maximum absolute atomic E-state index is 11.9. The smallest absolute Gasteiger partial charge is 0.259 e.